The second-order valence-corrected chi connectivity index (χ2v) is 9.65. The van der Waals surface area contributed by atoms with Gasteiger partial charge in [-0.2, -0.15) is 9.78 Å². The van der Waals surface area contributed by atoms with Crippen molar-refractivity contribution >= 4 is 49.6 Å². The lowest BCUT2D eigenvalue weighted by Crippen LogP contribution is -2.31. The van der Waals surface area contributed by atoms with Crippen LogP contribution in [0.3, 0.4) is 0 Å². The van der Waals surface area contributed by atoms with Crippen molar-refractivity contribution in [3.8, 4) is 5.75 Å². The molecule has 1 saturated carbocycles. The van der Waals surface area contributed by atoms with E-state index in [0.29, 0.717) is 21.8 Å². The molecule has 0 radical (unpaired) electrons. The normalized spacial score (nSPS) is 19.4. The Labute approximate surface area is 171 Å². The summed E-state index contributed by atoms with van der Waals surface area (Å²) in [7, 11) is -3.52. The second-order valence-electron chi connectivity index (χ2n) is 7.07. The Bertz CT molecular complexity index is 1270. The number of amidine groups is 1. The third-order valence-electron chi connectivity index (χ3n) is 5.05. The van der Waals surface area contributed by atoms with Crippen LogP contribution < -0.4 is 10.9 Å². The zero-order chi connectivity index (χ0) is 20.3. The Balaban J connectivity index is 1.75. The summed E-state index contributed by atoms with van der Waals surface area (Å²) in [6.07, 6.45) is 2.10. The van der Waals surface area contributed by atoms with Crippen molar-refractivity contribution in [3.05, 3.63) is 51.6 Å². The number of nitrogens with zero attached hydrogens (tertiary/aromatic N) is 3. The van der Waals surface area contributed by atoms with Gasteiger partial charge in [0.25, 0.3) is 5.56 Å². The van der Waals surface area contributed by atoms with Gasteiger partial charge in [0.05, 0.1) is 15.9 Å². The smallest absolute Gasteiger partial charge is 0.286 e. The maximum absolute atomic E-state index is 13.3. The number of pyridine rings is 1. The number of para-hydroxylation sites is 1. The number of aromatic hydroxyl groups is 1. The van der Waals surface area contributed by atoms with E-state index >= 15 is 0 Å². The number of nitrogens with one attached hydrogen (secondary N) is 1. The van der Waals surface area contributed by atoms with Crippen LogP contribution in [0.15, 0.2) is 54.9 Å². The first kappa shape index (κ1) is 18.4. The molecule has 29 heavy (non-hydrogen) atoms. The first-order valence-electron chi connectivity index (χ1n) is 9.02. The molecule has 1 aliphatic carbocycles. The molecule has 2 aromatic heterocycles. The lowest BCUT2D eigenvalue weighted by Gasteiger charge is -2.34. The average Bonchev–Trinajstić information content (AvgIpc) is 3.41. The number of benzene rings is 1. The SMILES string of the molecule is CC(=Nn1c(=O)c(C2=NS(O)(O)c3ccccc3N2)c(O)c2sccc21)C1CC1. The molecule has 4 N–H and O–H groups in total. The van der Waals surface area contributed by atoms with Gasteiger partial charge in [0.1, 0.15) is 10.5 Å². The van der Waals surface area contributed by atoms with Crippen LogP contribution in [-0.4, -0.2) is 30.4 Å². The van der Waals surface area contributed by atoms with Gasteiger partial charge in [0.2, 0.25) is 0 Å². The van der Waals surface area contributed by atoms with Crippen molar-refractivity contribution in [2.45, 2.75) is 24.7 Å². The minimum absolute atomic E-state index is 0.0884. The largest absolute Gasteiger partial charge is 0.505 e. The van der Waals surface area contributed by atoms with E-state index < -0.39 is 16.3 Å². The summed E-state index contributed by atoms with van der Waals surface area (Å²) >= 11 is 1.27. The van der Waals surface area contributed by atoms with Crippen molar-refractivity contribution in [1.29, 1.82) is 0 Å². The van der Waals surface area contributed by atoms with Crippen molar-refractivity contribution in [1.82, 2.24) is 4.68 Å². The Morgan fingerprint density at radius 1 is 1.31 bits per heavy atom. The molecular formula is C19H18N4O4S2. The van der Waals surface area contributed by atoms with E-state index in [9.17, 15) is 19.0 Å². The Morgan fingerprint density at radius 2 is 2.07 bits per heavy atom. The summed E-state index contributed by atoms with van der Waals surface area (Å²) in [5.41, 5.74) is 1.07. The van der Waals surface area contributed by atoms with Gasteiger partial charge in [-0.05, 0) is 49.3 Å². The number of aromatic nitrogens is 1. The molecule has 150 valence electrons. The van der Waals surface area contributed by atoms with Crippen LogP contribution in [0.4, 0.5) is 5.69 Å². The Hall–Kier alpha value is -2.66. The van der Waals surface area contributed by atoms with Crippen LogP contribution in [0.2, 0.25) is 0 Å². The van der Waals surface area contributed by atoms with E-state index in [0.717, 1.165) is 18.6 Å². The number of thiophene rings is 1. The van der Waals surface area contributed by atoms with E-state index in [1.54, 1.807) is 35.7 Å². The summed E-state index contributed by atoms with van der Waals surface area (Å²) in [4.78, 5) is 13.6. The summed E-state index contributed by atoms with van der Waals surface area (Å²) in [6, 6.07) is 8.35. The summed E-state index contributed by atoms with van der Waals surface area (Å²) < 4.78 is 26.7. The van der Waals surface area contributed by atoms with Gasteiger partial charge in [0.15, 0.2) is 11.6 Å². The third kappa shape index (κ3) is 2.96. The van der Waals surface area contributed by atoms with Crippen molar-refractivity contribution in [2.75, 3.05) is 5.32 Å². The number of hydrogen-bond donors (Lipinski definition) is 4. The van der Waals surface area contributed by atoms with Crippen LogP contribution in [0, 0.1) is 5.92 Å². The molecule has 0 atom stereocenters. The topological polar surface area (TPSA) is 119 Å². The number of anilines is 1. The summed E-state index contributed by atoms with van der Waals surface area (Å²) in [5.74, 6) is 0.0303. The Kier molecular flexibility index (Phi) is 4.07. The van der Waals surface area contributed by atoms with E-state index in [1.807, 2.05) is 6.92 Å². The zero-order valence-electron chi connectivity index (χ0n) is 15.4. The first-order chi connectivity index (χ1) is 13.9. The van der Waals surface area contributed by atoms with Crippen molar-refractivity contribution < 1.29 is 14.2 Å². The molecule has 0 amide bonds. The molecule has 8 nitrogen and oxygen atoms in total. The minimum Gasteiger partial charge on any atom is -0.505 e. The molecule has 0 unspecified atom stereocenters. The fraction of sp³-hybridized carbons (Fsp3) is 0.211. The van der Waals surface area contributed by atoms with Crippen molar-refractivity contribution in [3.63, 3.8) is 0 Å². The predicted molar refractivity (Wildman–Crippen MR) is 117 cm³/mol. The van der Waals surface area contributed by atoms with Gasteiger partial charge < -0.3 is 10.4 Å². The average molecular weight is 431 g/mol. The van der Waals surface area contributed by atoms with Crippen LogP contribution in [0.1, 0.15) is 25.3 Å². The monoisotopic (exact) mass is 430 g/mol. The zero-order valence-corrected chi connectivity index (χ0v) is 17.0. The fourth-order valence-corrected chi connectivity index (χ4v) is 5.36. The molecule has 3 heterocycles. The molecule has 10 heteroatoms. The number of rotatable bonds is 3. The molecule has 2 aliphatic rings. The summed E-state index contributed by atoms with van der Waals surface area (Å²) in [5, 5.41) is 20.1. The van der Waals surface area contributed by atoms with Crippen LogP contribution >= 0.6 is 22.1 Å². The molecular weight excluding hydrogens is 412 g/mol. The second kappa shape index (κ2) is 6.42. The van der Waals surface area contributed by atoms with Crippen LogP contribution in [0.25, 0.3) is 10.2 Å². The van der Waals surface area contributed by atoms with Gasteiger partial charge in [-0.3, -0.25) is 13.9 Å². The highest BCUT2D eigenvalue weighted by atomic mass is 32.3. The highest BCUT2D eigenvalue weighted by molar-refractivity contribution is 8.23. The molecule has 3 aromatic rings. The summed E-state index contributed by atoms with van der Waals surface area (Å²) in [6.45, 7) is 1.89. The number of fused-ring (bicyclic) bond motifs is 2. The first-order valence-corrected chi connectivity index (χ1v) is 11.4. The maximum Gasteiger partial charge on any atom is 0.286 e. The molecule has 1 aromatic carbocycles. The lowest BCUT2D eigenvalue weighted by molar-refractivity contribution is 0.478. The highest BCUT2D eigenvalue weighted by Gasteiger charge is 2.31. The fourth-order valence-electron chi connectivity index (χ4n) is 3.37. The van der Waals surface area contributed by atoms with Crippen LogP contribution in [0.5, 0.6) is 5.75 Å². The van der Waals surface area contributed by atoms with Gasteiger partial charge in [0, 0.05) is 5.71 Å². The van der Waals surface area contributed by atoms with Gasteiger partial charge >= 0.3 is 0 Å². The predicted octanol–water partition coefficient (Wildman–Crippen LogP) is 4.30. The van der Waals surface area contributed by atoms with E-state index in [4.69, 9.17) is 0 Å². The maximum atomic E-state index is 13.3. The standard InChI is InChI=1S/C19H18N4O4S2/c1-10(11-6-7-11)21-23-13-8-9-28-17(13)16(24)15(19(23)25)18-20-12-4-2-3-5-14(12)29(26,27)22-18/h2-5,8-9,11,24,26-27H,6-7H2,1H3,(H,20,22). The molecule has 1 fully saturated rings. The van der Waals surface area contributed by atoms with Gasteiger partial charge in [-0.1, -0.05) is 22.9 Å². The van der Waals surface area contributed by atoms with Crippen LogP contribution in [-0.2, 0) is 0 Å². The third-order valence-corrected chi connectivity index (χ3v) is 7.34. The molecule has 0 saturated heterocycles. The van der Waals surface area contributed by atoms with Gasteiger partial charge in [-0.25, -0.2) is 0 Å². The van der Waals surface area contributed by atoms with Crippen molar-refractivity contribution in [2.24, 2.45) is 15.4 Å². The van der Waals surface area contributed by atoms with Gasteiger partial charge in [-0.15, -0.1) is 15.7 Å². The van der Waals surface area contributed by atoms with E-state index in [2.05, 4.69) is 14.8 Å². The molecule has 0 spiro atoms. The van der Waals surface area contributed by atoms with E-state index in [1.165, 1.54) is 16.0 Å². The minimum atomic E-state index is -3.52. The molecule has 5 rings (SSSR count). The quantitative estimate of drug-likeness (QED) is 0.462. The highest BCUT2D eigenvalue weighted by Crippen LogP contribution is 2.55. The molecule has 0 bridgehead atoms. The van der Waals surface area contributed by atoms with E-state index in [-0.39, 0.29) is 22.0 Å². The molecule has 1 aliphatic heterocycles. The lowest BCUT2D eigenvalue weighted by atomic mass is 10.2. The Morgan fingerprint density at radius 3 is 2.83 bits per heavy atom. The number of hydrogen-bond acceptors (Lipinski definition) is 8.